The van der Waals surface area contributed by atoms with Crippen molar-refractivity contribution < 1.29 is 14.3 Å². The van der Waals surface area contributed by atoms with Crippen LogP contribution in [0, 0.1) is 5.92 Å². The van der Waals surface area contributed by atoms with E-state index in [9.17, 15) is 9.59 Å². The Morgan fingerprint density at radius 1 is 1.73 bits per heavy atom. The molecule has 1 heterocycles. The van der Waals surface area contributed by atoms with Gasteiger partial charge in [0.15, 0.2) is 5.92 Å². The lowest BCUT2D eigenvalue weighted by molar-refractivity contribution is -0.147. The molecule has 1 aliphatic rings. The van der Waals surface area contributed by atoms with Gasteiger partial charge in [0.25, 0.3) is 5.91 Å². The van der Waals surface area contributed by atoms with Crippen LogP contribution in [0.5, 0.6) is 0 Å². The Labute approximate surface area is 63.6 Å². The lowest BCUT2D eigenvalue weighted by Gasteiger charge is -2.06. The van der Waals surface area contributed by atoms with E-state index in [1.54, 1.807) is 6.08 Å². The minimum absolute atomic E-state index is 0.473. The Hall–Kier alpha value is -1.45. The third kappa shape index (κ3) is 1.52. The number of allylic oxidation sites excluding steroid dienone is 1. The molecule has 0 aromatic rings. The molecule has 0 bridgehead atoms. The van der Waals surface area contributed by atoms with Crippen molar-refractivity contribution in [1.29, 1.82) is 0 Å². The SMILES string of the molecule is COC(=O)C1C=CC=NC1=O. The Morgan fingerprint density at radius 2 is 2.45 bits per heavy atom. The second-order valence-electron chi connectivity index (χ2n) is 2.00. The molecule has 4 nitrogen and oxygen atoms in total. The van der Waals surface area contributed by atoms with Crippen LogP contribution in [0.2, 0.25) is 0 Å². The average Bonchev–Trinajstić information content (AvgIpc) is 2.04. The van der Waals surface area contributed by atoms with Gasteiger partial charge >= 0.3 is 5.97 Å². The van der Waals surface area contributed by atoms with E-state index in [-0.39, 0.29) is 0 Å². The van der Waals surface area contributed by atoms with Gasteiger partial charge in [0.05, 0.1) is 7.11 Å². The molecule has 1 atom stereocenters. The molecule has 0 aliphatic carbocycles. The monoisotopic (exact) mass is 153 g/mol. The Morgan fingerprint density at radius 3 is 3.00 bits per heavy atom. The van der Waals surface area contributed by atoms with E-state index in [1.807, 2.05) is 0 Å². The van der Waals surface area contributed by atoms with Crippen molar-refractivity contribution in [3.8, 4) is 0 Å². The molecule has 58 valence electrons. The fourth-order valence-electron chi connectivity index (χ4n) is 0.746. The lowest BCUT2D eigenvalue weighted by Crippen LogP contribution is -2.23. The highest BCUT2D eigenvalue weighted by atomic mass is 16.5. The van der Waals surface area contributed by atoms with Crippen LogP contribution in [0.25, 0.3) is 0 Å². The molecule has 0 aromatic carbocycles. The van der Waals surface area contributed by atoms with E-state index >= 15 is 0 Å². The Balaban J connectivity index is 2.73. The summed E-state index contributed by atoms with van der Waals surface area (Å²) in [4.78, 5) is 25.1. The molecule has 4 heteroatoms. The van der Waals surface area contributed by atoms with E-state index in [0.717, 1.165) is 0 Å². The van der Waals surface area contributed by atoms with E-state index < -0.39 is 17.8 Å². The summed E-state index contributed by atoms with van der Waals surface area (Å²) in [5.41, 5.74) is 0. The van der Waals surface area contributed by atoms with Crippen molar-refractivity contribution in [2.75, 3.05) is 7.11 Å². The zero-order valence-electron chi connectivity index (χ0n) is 5.98. The van der Waals surface area contributed by atoms with Crippen molar-refractivity contribution in [2.45, 2.75) is 0 Å². The number of esters is 1. The molecular weight excluding hydrogens is 146 g/mol. The number of hydrogen-bond acceptors (Lipinski definition) is 3. The van der Waals surface area contributed by atoms with E-state index in [1.165, 1.54) is 19.4 Å². The minimum Gasteiger partial charge on any atom is -0.468 e. The maximum Gasteiger partial charge on any atom is 0.322 e. The van der Waals surface area contributed by atoms with Gasteiger partial charge in [-0.3, -0.25) is 9.59 Å². The van der Waals surface area contributed by atoms with Crippen molar-refractivity contribution in [2.24, 2.45) is 10.9 Å². The van der Waals surface area contributed by atoms with E-state index in [2.05, 4.69) is 9.73 Å². The molecule has 0 spiro atoms. The normalized spacial score (nSPS) is 21.9. The first-order valence-electron chi connectivity index (χ1n) is 3.08. The van der Waals surface area contributed by atoms with Gasteiger partial charge < -0.3 is 4.74 Å². The summed E-state index contributed by atoms with van der Waals surface area (Å²) in [6.07, 6.45) is 4.35. The van der Waals surface area contributed by atoms with E-state index in [4.69, 9.17) is 0 Å². The molecule has 11 heavy (non-hydrogen) atoms. The number of methoxy groups -OCH3 is 1. The number of ether oxygens (including phenoxy) is 1. The van der Waals surface area contributed by atoms with Gasteiger partial charge in [-0.1, -0.05) is 6.08 Å². The van der Waals surface area contributed by atoms with Gasteiger partial charge in [0, 0.05) is 6.21 Å². The maximum absolute atomic E-state index is 10.8. The first kappa shape index (κ1) is 7.65. The predicted octanol–water partition coefficient (Wildman–Crippen LogP) is -0.0572. The Kier molecular flexibility index (Phi) is 2.15. The highest BCUT2D eigenvalue weighted by molar-refractivity contribution is 6.05. The summed E-state index contributed by atoms with van der Waals surface area (Å²) in [7, 11) is 1.24. The number of rotatable bonds is 1. The van der Waals surface area contributed by atoms with Gasteiger partial charge in [-0.15, -0.1) is 0 Å². The van der Waals surface area contributed by atoms with Crippen LogP contribution < -0.4 is 0 Å². The van der Waals surface area contributed by atoms with Crippen LogP contribution in [-0.4, -0.2) is 25.2 Å². The summed E-state index contributed by atoms with van der Waals surface area (Å²) in [5.74, 6) is -1.88. The van der Waals surface area contributed by atoms with Crippen LogP contribution in [0.3, 0.4) is 0 Å². The third-order valence-corrected chi connectivity index (χ3v) is 1.31. The second kappa shape index (κ2) is 3.09. The van der Waals surface area contributed by atoms with Gasteiger partial charge in [0.2, 0.25) is 0 Å². The molecule has 0 radical (unpaired) electrons. The summed E-state index contributed by atoms with van der Waals surface area (Å²) in [5, 5.41) is 0. The third-order valence-electron chi connectivity index (χ3n) is 1.31. The highest BCUT2D eigenvalue weighted by Crippen LogP contribution is 2.06. The molecule has 0 saturated heterocycles. The molecule has 0 fully saturated rings. The second-order valence-corrected chi connectivity index (χ2v) is 2.00. The number of hydrogen-bond donors (Lipinski definition) is 0. The molecule has 1 amide bonds. The lowest BCUT2D eigenvalue weighted by atomic mass is 10.1. The molecular formula is C7H7NO3. The smallest absolute Gasteiger partial charge is 0.322 e. The van der Waals surface area contributed by atoms with Gasteiger partial charge in [-0.05, 0) is 6.08 Å². The first-order valence-corrected chi connectivity index (χ1v) is 3.08. The van der Waals surface area contributed by atoms with Gasteiger partial charge in [-0.25, -0.2) is 4.99 Å². The van der Waals surface area contributed by atoms with Crippen LogP contribution in [-0.2, 0) is 14.3 Å². The number of carbonyl (C=O) groups excluding carboxylic acids is 2. The molecule has 1 unspecified atom stereocenters. The standard InChI is InChI=1S/C7H7NO3/c1-11-7(10)5-3-2-4-8-6(5)9/h2-5H,1H3. The summed E-state index contributed by atoms with van der Waals surface area (Å²) in [6.45, 7) is 0. The van der Waals surface area contributed by atoms with Crippen molar-refractivity contribution in [3.63, 3.8) is 0 Å². The number of nitrogens with zero attached hydrogens (tertiary/aromatic N) is 1. The molecule has 0 N–H and O–H groups in total. The molecule has 0 aromatic heterocycles. The minimum atomic E-state index is -0.843. The fraction of sp³-hybridized carbons (Fsp3) is 0.286. The van der Waals surface area contributed by atoms with Crippen LogP contribution in [0.4, 0.5) is 0 Å². The molecule has 1 aliphatic heterocycles. The van der Waals surface area contributed by atoms with Gasteiger partial charge in [-0.2, -0.15) is 0 Å². The van der Waals surface area contributed by atoms with Gasteiger partial charge in [0.1, 0.15) is 0 Å². The first-order chi connectivity index (χ1) is 5.25. The summed E-state index contributed by atoms with van der Waals surface area (Å²) >= 11 is 0. The van der Waals surface area contributed by atoms with Crippen molar-refractivity contribution in [3.05, 3.63) is 12.2 Å². The van der Waals surface area contributed by atoms with Crippen LogP contribution in [0.1, 0.15) is 0 Å². The zero-order valence-corrected chi connectivity index (χ0v) is 5.98. The van der Waals surface area contributed by atoms with Crippen molar-refractivity contribution in [1.82, 2.24) is 0 Å². The number of carbonyl (C=O) groups is 2. The number of amides is 1. The molecule has 1 rings (SSSR count). The van der Waals surface area contributed by atoms with E-state index in [0.29, 0.717) is 0 Å². The largest absolute Gasteiger partial charge is 0.468 e. The number of aliphatic imine (C=N–C) groups is 1. The Bertz CT molecular complexity index is 242. The molecule has 0 saturated carbocycles. The quantitative estimate of drug-likeness (QED) is 0.391. The number of dihydropyridines is 1. The zero-order chi connectivity index (χ0) is 8.27. The summed E-state index contributed by atoms with van der Waals surface area (Å²) < 4.78 is 4.38. The highest BCUT2D eigenvalue weighted by Gasteiger charge is 2.24. The average molecular weight is 153 g/mol. The predicted molar refractivity (Wildman–Crippen MR) is 38.1 cm³/mol. The fourth-order valence-corrected chi connectivity index (χ4v) is 0.746. The maximum atomic E-state index is 10.8. The van der Waals surface area contributed by atoms with Crippen LogP contribution >= 0.6 is 0 Å². The summed E-state index contributed by atoms with van der Waals surface area (Å²) in [6, 6.07) is 0. The van der Waals surface area contributed by atoms with Crippen molar-refractivity contribution >= 4 is 18.1 Å². The van der Waals surface area contributed by atoms with Crippen LogP contribution in [0.15, 0.2) is 17.1 Å². The topological polar surface area (TPSA) is 55.7 Å².